The predicted molar refractivity (Wildman–Crippen MR) is 64.3 cm³/mol. The minimum atomic E-state index is 0.345. The molecule has 1 N–H and O–H groups in total. The summed E-state index contributed by atoms with van der Waals surface area (Å²) in [6.07, 6.45) is 0.990. The normalized spacial score (nSPS) is 26.6. The van der Waals surface area contributed by atoms with Gasteiger partial charge >= 0.3 is 0 Å². The van der Waals surface area contributed by atoms with Crippen LogP contribution in [0.1, 0.15) is 18.5 Å². The number of hydrogen-bond acceptors (Lipinski definition) is 3. The van der Waals surface area contributed by atoms with Crippen LogP contribution in [0.4, 0.5) is 0 Å². The molecule has 2 rings (SSSR count). The lowest BCUT2D eigenvalue weighted by Crippen LogP contribution is -2.51. The van der Waals surface area contributed by atoms with Crippen molar-refractivity contribution in [3.05, 3.63) is 35.9 Å². The minimum Gasteiger partial charge on any atom is -0.307 e. The van der Waals surface area contributed by atoms with Crippen LogP contribution in [0, 0.1) is 0 Å². The first-order valence-corrected chi connectivity index (χ1v) is 5.77. The molecule has 2 atom stereocenters. The van der Waals surface area contributed by atoms with Gasteiger partial charge in [0.25, 0.3) is 0 Å². The lowest BCUT2D eigenvalue weighted by molar-refractivity contribution is -0.109. The molecule has 1 aromatic rings. The van der Waals surface area contributed by atoms with E-state index in [0.717, 1.165) is 19.4 Å². The van der Waals surface area contributed by atoms with Crippen LogP contribution in [0.3, 0.4) is 0 Å². The quantitative estimate of drug-likeness (QED) is 0.774. The summed E-state index contributed by atoms with van der Waals surface area (Å²) in [4.78, 5) is 12.8. The molecular formula is C13H18N2O. The van der Waals surface area contributed by atoms with Crippen LogP contribution in [0.15, 0.2) is 30.3 Å². The Balaban J connectivity index is 2.05. The number of piperazine rings is 1. The Morgan fingerprint density at radius 1 is 1.44 bits per heavy atom. The number of aldehydes is 1. The molecule has 16 heavy (non-hydrogen) atoms. The Morgan fingerprint density at radius 3 is 2.88 bits per heavy atom. The maximum Gasteiger partial charge on any atom is 0.133 e. The molecule has 0 spiro atoms. The molecule has 1 aromatic carbocycles. The second kappa shape index (κ2) is 5.23. The molecule has 0 aromatic heterocycles. The van der Waals surface area contributed by atoms with Crippen molar-refractivity contribution in [1.29, 1.82) is 0 Å². The molecule has 1 fully saturated rings. The average molecular weight is 218 g/mol. The highest BCUT2D eigenvalue weighted by atomic mass is 16.1. The van der Waals surface area contributed by atoms with E-state index in [0.29, 0.717) is 18.6 Å². The second-order valence-electron chi connectivity index (χ2n) is 4.34. The van der Waals surface area contributed by atoms with Crippen LogP contribution in [0.2, 0.25) is 0 Å². The largest absolute Gasteiger partial charge is 0.307 e. The van der Waals surface area contributed by atoms with E-state index in [1.807, 2.05) is 6.07 Å². The van der Waals surface area contributed by atoms with Gasteiger partial charge in [-0.1, -0.05) is 30.3 Å². The Hall–Kier alpha value is -1.19. The van der Waals surface area contributed by atoms with Crippen LogP contribution < -0.4 is 5.32 Å². The zero-order valence-electron chi connectivity index (χ0n) is 9.60. The summed E-state index contributed by atoms with van der Waals surface area (Å²) in [6.45, 7) is 4.53. The van der Waals surface area contributed by atoms with Crippen LogP contribution >= 0.6 is 0 Å². The average Bonchev–Trinajstić information content (AvgIpc) is 2.33. The van der Waals surface area contributed by atoms with E-state index in [1.54, 1.807) is 0 Å². The van der Waals surface area contributed by atoms with E-state index in [9.17, 15) is 4.79 Å². The number of carbonyl (C=O) groups excluding carboxylic acids is 1. The number of nitrogens with zero attached hydrogens (tertiary/aromatic N) is 1. The van der Waals surface area contributed by atoms with Crippen molar-refractivity contribution in [2.24, 2.45) is 0 Å². The van der Waals surface area contributed by atoms with Crippen LogP contribution in [-0.2, 0) is 4.79 Å². The van der Waals surface area contributed by atoms with Gasteiger partial charge in [0.2, 0.25) is 0 Å². The zero-order valence-corrected chi connectivity index (χ0v) is 9.60. The number of hydrogen-bond donors (Lipinski definition) is 1. The predicted octanol–water partition coefficient (Wildman–Crippen LogP) is 1.22. The standard InChI is InChI=1S/C13H18N2O/c1-11-9-14-13(10-15(11)7-8-16)12-5-3-2-4-6-12/h2-6,8,11,13-14H,7,9-10H2,1H3. The van der Waals surface area contributed by atoms with Crippen molar-refractivity contribution in [3.63, 3.8) is 0 Å². The van der Waals surface area contributed by atoms with Gasteiger partial charge < -0.3 is 10.1 Å². The molecule has 0 saturated carbocycles. The van der Waals surface area contributed by atoms with Crippen molar-refractivity contribution in [1.82, 2.24) is 10.2 Å². The third-order valence-electron chi connectivity index (χ3n) is 3.21. The molecule has 1 aliphatic heterocycles. The summed E-state index contributed by atoms with van der Waals surface area (Å²) in [6, 6.07) is 11.2. The summed E-state index contributed by atoms with van der Waals surface area (Å²) in [5.74, 6) is 0. The highest BCUT2D eigenvalue weighted by molar-refractivity contribution is 5.52. The lowest BCUT2D eigenvalue weighted by Gasteiger charge is -2.37. The van der Waals surface area contributed by atoms with Gasteiger partial charge in [-0.25, -0.2) is 0 Å². The van der Waals surface area contributed by atoms with Gasteiger partial charge in [0.15, 0.2) is 0 Å². The highest BCUT2D eigenvalue weighted by Gasteiger charge is 2.24. The minimum absolute atomic E-state index is 0.345. The summed E-state index contributed by atoms with van der Waals surface area (Å²) in [5, 5.41) is 3.52. The Kier molecular flexibility index (Phi) is 3.70. The van der Waals surface area contributed by atoms with E-state index in [-0.39, 0.29) is 0 Å². The number of rotatable bonds is 3. The fourth-order valence-corrected chi connectivity index (χ4v) is 2.18. The SMILES string of the molecule is CC1CNC(c2ccccc2)CN1CC=O. The first-order valence-electron chi connectivity index (χ1n) is 5.77. The molecule has 1 saturated heterocycles. The molecular weight excluding hydrogens is 200 g/mol. The van der Waals surface area contributed by atoms with Gasteiger partial charge in [0.05, 0.1) is 6.54 Å². The molecule has 3 heteroatoms. The van der Waals surface area contributed by atoms with Gasteiger partial charge in [-0.2, -0.15) is 0 Å². The highest BCUT2D eigenvalue weighted by Crippen LogP contribution is 2.18. The fourth-order valence-electron chi connectivity index (χ4n) is 2.18. The van der Waals surface area contributed by atoms with Gasteiger partial charge in [0.1, 0.15) is 6.29 Å². The van der Waals surface area contributed by atoms with E-state index in [1.165, 1.54) is 5.56 Å². The summed E-state index contributed by atoms with van der Waals surface area (Å²) >= 11 is 0. The van der Waals surface area contributed by atoms with Crippen molar-refractivity contribution < 1.29 is 4.79 Å². The number of benzene rings is 1. The third kappa shape index (κ3) is 2.49. The Labute approximate surface area is 96.5 Å². The lowest BCUT2D eigenvalue weighted by atomic mass is 10.0. The molecule has 0 amide bonds. The van der Waals surface area contributed by atoms with Gasteiger partial charge in [-0.05, 0) is 12.5 Å². The molecule has 1 heterocycles. The van der Waals surface area contributed by atoms with Crippen LogP contribution in [0.25, 0.3) is 0 Å². The topological polar surface area (TPSA) is 32.3 Å². The number of nitrogens with one attached hydrogen (secondary N) is 1. The Morgan fingerprint density at radius 2 is 2.19 bits per heavy atom. The zero-order chi connectivity index (χ0) is 11.4. The first kappa shape index (κ1) is 11.3. The maximum atomic E-state index is 10.6. The second-order valence-corrected chi connectivity index (χ2v) is 4.34. The van der Waals surface area contributed by atoms with Crippen molar-refractivity contribution in [2.75, 3.05) is 19.6 Å². The van der Waals surface area contributed by atoms with E-state index >= 15 is 0 Å². The molecule has 0 radical (unpaired) electrons. The monoisotopic (exact) mass is 218 g/mol. The molecule has 86 valence electrons. The number of carbonyl (C=O) groups is 1. The molecule has 1 aliphatic rings. The molecule has 2 unspecified atom stereocenters. The van der Waals surface area contributed by atoms with Crippen molar-refractivity contribution in [2.45, 2.75) is 19.0 Å². The van der Waals surface area contributed by atoms with Crippen molar-refractivity contribution in [3.8, 4) is 0 Å². The maximum absolute atomic E-state index is 10.6. The van der Waals surface area contributed by atoms with Gasteiger partial charge in [-0.15, -0.1) is 0 Å². The van der Waals surface area contributed by atoms with Gasteiger partial charge in [-0.3, -0.25) is 4.90 Å². The van der Waals surface area contributed by atoms with Crippen molar-refractivity contribution >= 4 is 6.29 Å². The summed E-state index contributed by atoms with van der Waals surface area (Å²) < 4.78 is 0. The Bertz CT molecular complexity index is 339. The molecule has 0 bridgehead atoms. The molecule has 0 aliphatic carbocycles. The van der Waals surface area contributed by atoms with E-state index < -0.39 is 0 Å². The first-order chi connectivity index (χ1) is 7.81. The third-order valence-corrected chi connectivity index (χ3v) is 3.21. The molecule has 3 nitrogen and oxygen atoms in total. The van der Waals surface area contributed by atoms with E-state index in [2.05, 4.69) is 41.4 Å². The van der Waals surface area contributed by atoms with Crippen LogP contribution in [-0.4, -0.2) is 36.9 Å². The fraction of sp³-hybridized carbons (Fsp3) is 0.462. The van der Waals surface area contributed by atoms with Gasteiger partial charge in [0, 0.05) is 25.2 Å². The van der Waals surface area contributed by atoms with E-state index in [4.69, 9.17) is 0 Å². The summed E-state index contributed by atoms with van der Waals surface area (Å²) in [5.41, 5.74) is 1.30. The smallest absolute Gasteiger partial charge is 0.133 e. The summed E-state index contributed by atoms with van der Waals surface area (Å²) in [7, 11) is 0. The van der Waals surface area contributed by atoms with Crippen LogP contribution in [0.5, 0.6) is 0 Å².